The van der Waals surface area contributed by atoms with Crippen molar-refractivity contribution in [1.29, 1.82) is 0 Å². The molecule has 0 bridgehead atoms. The maximum atomic E-state index is 12.9. The third-order valence-electron chi connectivity index (χ3n) is 5.56. The summed E-state index contributed by atoms with van der Waals surface area (Å²) in [7, 11) is 3.67. The molecular weight excluding hydrogens is 378 g/mol. The predicted octanol–water partition coefficient (Wildman–Crippen LogP) is 3.33. The van der Waals surface area contributed by atoms with E-state index >= 15 is 0 Å². The summed E-state index contributed by atoms with van der Waals surface area (Å²) in [5, 5.41) is 4.25. The fourth-order valence-corrected chi connectivity index (χ4v) is 3.70. The molecule has 1 N–H and O–H groups in total. The lowest BCUT2D eigenvalue weighted by molar-refractivity contribution is 0.0664. The minimum atomic E-state index is 0.0301. The van der Waals surface area contributed by atoms with Gasteiger partial charge in [0.1, 0.15) is 5.75 Å². The Balaban J connectivity index is 1.58. The molecule has 0 spiro atoms. The molecule has 2 heterocycles. The normalized spacial score (nSPS) is 14.7. The lowest BCUT2D eigenvalue weighted by Gasteiger charge is -2.32. The van der Waals surface area contributed by atoms with E-state index in [1.807, 2.05) is 35.4 Å². The van der Waals surface area contributed by atoms with Crippen LogP contribution in [-0.2, 0) is 6.42 Å². The van der Waals surface area contributed by atoms with Gasteiger partial charge in [-0.15, -0.1) is 0 Å². The van der Waals surface area contributed by atoms with Gasteiger partial charge in [-0.2, -0.15) is 0 Å². The lowest BCUT2D eigenvalue weighted by Crippen LogP contribution is -2.47. The molecule has 0 atom stereocenters. The number of hydrogen-bond acceptors (Lipinski definition) is 6. The van der Waals surface area contributed by atoms with Crippen LogP contribution < -0.4 is 10.1 Å². The summed E-state index contributed by atoms with van der Waals surface area (Å²) in [4.78, 5) is 26.1. The molecular formula is C23H27N5O2. The molecule has 156 valence electrons. The highest BCUT2D eigenvalue weighted by Crippen LogP contribution is 2.29. The summed E-state index contributed by atoms with van der Waals surface area (Å²) in [6, 6.07) is 11.6. The van der Waals surface area contributed by atoms with Gasteiger partial charge in [0.15, 0.2) is 0 Å². The van der Waals surface area contributed by atoms with E-state index in [0.29, 0.717) is 17.3 Å². The SMILES string of the molecule is CCc1cccc2cnc(Nc3ccc(C(=O)N4CCN(C)CC4)cc3OC)nc12. The fourth-order valence-electron chi connectivity index (χ4n) is 3.70. The molecule has 2 aromatic carbocycles. The van der Waals surface area contributed by atoms with Crippen LogP contribution in [0.5, 0.6) is 5.75 Å². The van der Waals surface area contributed by atoms with Crippen LogP contribution in [-0.4, -0.2) is 66.0 Å². The highest BCUT2D eigenvalue weighted by atomic mass is 16.5. The van der Waals surface area contributed by atoms with Crippen molar-refractivity contribution in [1.82, 2.24) is 19.8 Å². The van der Waals surface area contributed by atoms with E-state index in [1.54, 1.807) is 13.2 Å². The first-order valence-electron chi connectivity index (χ1n) is 10.3. The Hall–Kier alpha value is -3.19. The second kappa shape index (κ2) is 8.67. The van der Waals surface area contributed by atoms with Crippen LogP contribution in [0.3, 0.4) is 0 Å². The van der Waals surface area contributed by atoms with E-state index in [0.717, 1.165) is 49.2 Å². The van der Waals surface area contributed by atoms with Gasteiger partial charge in [0.25, 0.3) is 5.91 Å². The molecule has 0 aliphatic carbocycles. The Bertz CT molecular complexity index is 1060. The number of methoxy groups -OCH3 is 1. The minimum Gasteiger partial charge on any atom is -0.495 e. The first-order chi connectivity index (χ1) is 14.6. The molecule has 30 heavy (non-hydrogen) atoms. The minimum absolute atomic E-state index is 0.0301. The van der Waals surface area contributed by atoms with Gasteiger partial charge < -0.3 is 19.9 Å². The van der Waals surface area contributed by atoms with Crippen LogP contribution in [0.1, 0.15) is 22.8 Å². The first-order valence-corrected chi connectivity index (χ1v) is 10.3. The van der Waals surface area contributed by atoms with E-state index < -0.39 is 0 Å². The molecule has 4 rings (SSSR count). The number of hydrogen-bond donors (Lipinski definition) is 1. The average molecular weight is 406 g/mol. The Labute approximate surface area is 176 Å². The molecule has 7 nitrogen and oxygen atoms in total. The van der Waals surface area contributed by atoms with Crippen molar-refractivity contribution in [3.63, 3.8) is 0 Å². The number of aromatic nitrogens is 2. The van der Waals surface area contributed by atoms with Crippen molar-refractivity contribution in [3.05, 3.63) is 53.7 Å². The van der Waals surface area contributed by atoms with Crippen molar-refractivity contribution in [2.75, 3.05) is 45.7 Å². The van der Waals surface area contributed by atoms with Crippen LogP contribution in [0.2, 0.25) is 0 Å². The number of benzene rings is 2. The van der Waals surface area contributed by atoms with Crippen molar-refractivity contribution in [2.24, 2.45) is 0 Å². The van der Waals surface area contributed by atoms with Crippen LogP contribution in [0.4, 0.5) is 11.6 Å². The second-order valence-corrected chi connectivity index (χ2v) is 7.54. The molecule has 3 aromatic rings. The van der Waals surface area contributed by atoms with Gasteiger partial charge in [-0.25, -0.2) is 9.97 Å². The number of ether oxygens (including phenoxy) is 1. The molecule has 0 radical (unpaired) electrons. The van der Waals surface area contributed by atoms with E-state index in [2.05, 4.69) is 35.2 Å². The van der Waals surface area contributed by atoms with E-state index in [-0.39, 0.29) is 5.91 Å². The summed E-state index contributed by atoms with van der Waals surface area (Å²) in [5.74, 6) is 1.12. The standard InChI is InChI=1S/C23H27N5O2/c1-4-16-6-5-7-18-15-24-23(26-21(16)18)25-19-9-8-17(14-20(19)30-3)22(29)28-12-10-27(2)11-13-28/h5-9,14-15H,4,10-13H2,1-3H3,(H,24,25,26). The van der Waals surface area contributed by atoms with E-state index in [9.17, 15) is 4.79 Å². The smallest absolute Gasteiger partial charge is 0.254 e. The van der Waals surface area contributed by atoms with Crippen molar-refractivity contribution in [3.8, 4) is 5.75 Å². The van der Waals surface area contributed by atoms with Crippen LogP contribution in [0.15, 0.2) is 42.6 Å². The summed E-state index contributed by atoms with van der Waals surface area (Å²) in [6.45, 7) is 5.37. The number of para-hydroxylation sites is 1. The Morgan fingerprint density at radius 1 is 1.17 bits per heavy atom. The molecule has 7 heteroatoms. The number of rotatable bonds is 5. The van der Waals surface area contributed by atoms with Gasteiger partial charge in [-0.1, -0.05) is 25.1 Å². The molecule has 1 fully saturated rings. The van der Waals surface area contributed by atoms with Gasteiger partial charge in [0, 0.05) is 43.3 Å². The zero-order valence-electron chi connectivity index (χ0n) is 17.7. The second-order valence-electron chi connectivity index (χ2n) is 7.54. The number of anilines is 2. The number of amides is 1. The third-order valence-corrected chi connectivity index (χ3v) is 5.56. The summed E-state index contributed by atoms with van der Waals surface area (Å²) >= 11 is 0. The maximum absolute atomic E-state index is 12.9. The zero-order valence-corrected chi connectivity index (χ0v) is 17.7. The van der Waals surface area contributed by atoms with E-state index in [4.69, 9.17) is 9.72 Å². The Morgan fingerprint density at radius 2 is 1.97 bits per heavy atom. The number of aryl methyl sites for hydroxylation is 1. The average Bonchev–Trinajstić information content (AvgIpc) is 2.79. The molecule has 1 aliphatic rings. The lowest BCUT2D eigenvalue weighted by atomic mass is 10.1. The number of carbonyl (C=O) groups is 1. The number of fused-ring (bicyclic) bond motifs is 1. The van der Waals surface area contributed by atoms with Gasteiger partial charge >= 0.3 is 0 Å². The van der Waals surface area contributed by atoms with Gasteiger partial charge in [-0.05, 0) is 37.2 Å². The van der Waals surface area contributed by atoms with Crippen LogP contribution >= 0.6 is 0 Å². The first kappa shape index (κ1) is 20.1. The molecule has 1 aliphatic heterocycles. The Morgan fingerprint density at radius 3 is 2.70 bits per heavy atom. The predicted molar refractivity (Wildman–Crippen MR) is 119 cm³/mol. The highest BCUT2D eigenvalue weighted by Gasteiger charge is 2.21. The quantitative estimate of drug-likeness (QED) is 0.702. The topological polar surface area (TPSA) is 70.6 Å². The fraction of sp³-hybridized carbons (Fsp3) is 0.348. The number of carbonyl (C=O) groups excluding carboxylic acids is 1. The number of nitrogens with zero attached hydrogens (tertiary/aromatic N) is 4. The van der Waals surface area contributed by atoms with Gasteiger partial charge in [0.2, 0.25) is 5.95 Å². The van der Waals surface area contributed by atoms with Crippen molar-refractivity contribution < 1.29 is 9.53 Å². The van der Waals surface area contributed by atoms with Crippen molar-refractivity contribution >= 4 is 28.4 Å². The summed E-state index contributed by atoms with van der Waals surface area (Å²) in [5.41, 5.74) is 3.46. The zero-order chi connectivity index (χ0) is 21.1. The largest absolute Gasteiger partial charge is 0.495 e. The van der Waals surface area contributed by atoms with E-state index in [1.165, 1.54) is 5.56 Å². The number of piperazine rings is 1. The third kappa shape index (κ3) is 4.07. The Kier molecular flexibility index (Phi) is 5.81. The van der Waals surface area contributed by atoms with Crippen LogP contribution in [0.25, 0.3) is 10.9 Å². The highest BCUT2D eigenvalue weighted by molar-refractivity contribution is 5.95. The maximum Gasteiger partial charge on any atom is 0.254 e. The molecule has 1 saturated heterocycles. The molecule has 0 saturated carbocycles. The number of likely N-dealkylation sites (N-methyl/N-ethyl adjacent to an activating group) is 1. The van der Waals surface area contributed by atoms with Gasteiger partial charge in [-0.3, -0.25) is 4.79 Å². The summed E-state index contributed by atoms with van der Waals surface area (Å²) in [6.07, 6.45) is 2.72. The molecule has 1 amide bonds. The van der Waals surface area contributed by atoms with Crippen LogP contribution in [0, 0.1) is 0 Å². The number of nitrogens with one attached hydrogen (secondary N) is 1. The molecule has 0 unspecified atom stereocenters. The van der Waals surface area contributed by atoms with Crippen molar-refractivity contribution in [2.45, 2.75) is 13.3 Å². The van der Waals surface area contributed by atoms with Gasteiger partial charge in [0.05, 0.1) is 18.3 Å². The monoisotopic (exact) mass is 405 g/mol. The molecule has 1 aromatic heterocycles. The summed E-state index contributed by atoms with van der Waals surface area (Å²) < 4.78 is 5.55.